The van der Waals surface area contributed by atoms with E-state index in [0.717, 1.165) is 9.13 Å². The zero-order valence-corrected chi connectivity index (χ0v) is 13.5. The van der Waals surface area contributed by atoms with E-state index in [-0.39, 0.29) is 4.90 Å². The molecule has 0 saturated heterocycles. The molecule has 0 bridgehead atoms. The molecule has 0 saturated carbocycles. The topological polar surface area (TPSA) is 131 Å². The van der Waals surface area contributed by atoms with Crippen LogP contribution in [0.2, 0.25) is 0 Å². The predicted octanol–water partition coefficient (Wildman–Crippen LogP) is -2.59. The van der Waals surface area contributed by atoms with Gasteiger partial charge in [0.05, 0.1) is 4.90 Å². The van der Waals surface area contributed by atoms with Gasteiger partial charge in [0.15, 0.2) is 0 Å². The van der Waals surface area contributed by atoms with Crippen LogP contribution in [-0.2, 0) is 28.2 Å². The summed E-state index contributed by atoms with van der Waals surface area (Å²) in [4.78, 5) is 46.8. The van der Waals surface area contributed by atoms with Crippen LogP contribution >= 0.6 is 11.8 Å². The van der Waals surface area contributed by atoms with Gasteiger partial charge >= 0.3 is 11.4 Å². The molecule has 0 unspecified atom stereocenters. The Balaban J connectivity index is 2.82. The average molecular weight is 341 g/mol. The van der Waals surface area contributed by atoms with Gasteiger partial charge in [0, 0.05) is 28.2 Å². The van der Waals surface area contributed by atoms with Crippen molar-refractivity contribution < 1.29 is 10.2 Å². The molecule has 1 N–H and O–H groups in total. The first kappa shape index (κ1) is 16.7. The van der Waals surface area contributed by atoms with Crippen LogP contribution in [0.1, 0.15) is 0 Å². The quantitative estimate of drug-likeness (QED) is 0.634. The van der Waals surface area contributed by atoms with Crippen molar-refractivity contribution in [2.24, 2.45) is 28.2 Å². The van der Waals surface area contributed by atoms with Crippen molar-refractivity contribution >= 4 is 11.8 Å². The van der Waals surface area contributed by atoms with Gasteiger partial charge in [0.1, 0.15) is 4.90 Å². The summed E-state index contributed by atoms with van der Waals surface area (Å²) < 4.78 is 2.97. The van der Waals surface area contributed by atoms with Gasteiger partial charge in [-0.2, -0.15) is 0 Å². The highest BCUT2D eigenvalue weighted by molar-refractivity contribution is 7.99. The summed E-state index contributed by atoms with van der Waals surface area (Å²) in [6.45, 7) is 0. The first-order chi connectivity index (χ1) is 10.6. The molecule has 2 aromatic heterocycles. The molecule has 0 amide bonds. The van der Waals surface area contributed by atoms with Gasteiger partial charge in [-0.05, 0) is 5.88 Å². The Morgan fingerprint density at radius 3 is 1.74 bits per heavy atom. The van der Waals surface area contributed by atoms with Crippen LogP contribution in [0.4, 0.5) is 0 Å². The molecule has 2 heterocycles. The van der Waals surface area contributed by atoms with Crippen molar-refractivity contribution in [1.82, 2.24) is 18.3 Å². The third kappa shape index (κ3) is 2.38. The minimum Gasteiger partial charge on any atom is -0.859 e. The highest BCUT2D eigenvalue weighted by Gasteiger charge is 2.19. The van der Waals surface area contributed by atoms with E-state index in [1.165, 1.54) is 28.2 Å². The fraction of sp³-hybridized carbons (Fsp3) is 0.333. The van der Waals surface area contributed by atoms with E-state index in [4.69, 9.17) is 0 Å². The third-order valence-electron chi connectivity index (χ3n) is 3.37. The molecule has 10 nitrogen and oxygen atoms in total. The lowest BCUT2D eigenvalue weighted by molar-refractivity contribution is -0.284. The highest BCUT2D eigenvalue weighted by Crippen LogP contribution is 2.31. The van der Waals surface area contributed by atoms with E-state index in [0.29, 0.717) is 20.9 Å². The van der Waals surface area contributed by atoms with Crippen LogP contribution in [0.15, 0.2) is 29.0 Å². The molecular formula is C12H13N4O6S-. The summed E-state index contributed by atoms with van der Waals surface area (Å²) in [5.74, 6) is -1.56. The van der Waals surface area contributed by atoms with E-state index in [9.17, 15) is 29.4 Å². The first-order valence-corrected chi connectivity index (χ1v) is 7.05. The smallest absolute Gasteiger partial charge is 0.333 e. The number of aromatic nitrogens is 4. The second kappa shape index (κ2) is 5.50. The molecule has 11 heteroatoms. The van der Waals surface area contributed by atoms with Crippen molar-refractivity contribution in [3.05, 3.63) is 41.7 Å². The Bertz CT molecular complexity index is 958. The van der Waals surface area contributed by atoms with Crippen molar-refractivity contribution in [1.29, 1.82) is 0 Å². The molecule has 0 aliphatic carbocycles. The Morgan fingerprint density at radius 1 is 0.783 bits per heavy atom. The average Bonchev–Trinajstić information content (AvgIpc) is 2.54. The second-order valence-electron chi connectivity index (χ2n) is 4.80. The van der Waals surface area contributed by atoms with Crippen LogP contribution in [0.25, 0.3) is 0 Å². The van der Waals surface area contributed by atoms with Crippen LogP contribution in [-0.4, -0.2) is 23.4 Å². The van der Waals surface area contributed by atoms with Gasteiger partial charge in [-0.15, -0.1) is 0 Å². The van der Waals surface area contributed by atoms with Gasteiger partial charge in [-0.25, -0.2) is 9.59 Å². The maximum absolute atomic E-state index is 12.1. The maximum Gasteiger partial charge on any atom is 0.333 e. The SMILES string of the molecule is Cn1c([O-])c(Sc2c(O)n(C)c(=O)n(C)c2=O)c(=O)n(C)c1=O. The summed E-state index contributed by atoms with van der Waals surface area (Å²) in [5, 5.41) is 22.1. The summed E-state index contributed by atoms with van der Waals surface area (Å²) in [5.41, 5.74) is -3.31. The lowest BCUT2D eigenvalue weighted by Gasteiger charge is -2.18. The lowest BCUT2D eigenvalue weighted by Crippen LogP contribution is -2.40. The van der Waals surface area contributed by atoms with Crippen molar-refractivity contribution in [2.45, 2.75) is 9.79 Å². The number of hydrogen-bond acceptors (Lipinski definition) is 7. The van der Waals surface area contributed by atoms with Gasteiger partial charge in [0.25, 0.3) is 11.1 Å². The van der Waals surface area contributed by atoms with Gasteiger partial charge in [0.2, 0.25) is 5.88 Å². The van der Waals surface area contributed by atoms with Crippen LogP contribution < -0.4 is 27.6 Å². The van der Waals surface area contributed by atoms with E-state index in [1.807, 2.05) is 0 Å². The largest absolute Gasteiger partial charge is 0.859 e. The monoisotopic (exact) mass is 341 g/mol. The Labute approximate surface area is 132 Å². The number of aromatic hydroxyl groups is 1. The van der Waals surface area contributed by atoms with Crippen molar-refractivity contribution in [2.75, 3.05) is 0 Å². The van der Waals surface area contributed by atoms with Crippen LogP contribution in [0.3, 0.4) is 0 Å². The fourth-order valence-corrected chi connectivity index (χ4v) is 2.98. The molecule has 2 rings (SSSR count). The molecule has 2 aromatic rings. The maximum atomic E-state index is 12.1. The van der Waals surface area contributed by atoms with Gasteiger partial charge in [-0.3, -0.25) is 23.3 Å². The zero-order chi connectivity index (χ0) is 17.6. The molecule has 23 heavy (non-hydrogen) atoms. The molecule has 0 atom stereocenters. The minimum absolute atomic E-state index is 0.359. The lowest BCUT2D eigenvalue weighted by atomic mass is 10.5. The zero-order valence-electron chi connectivity index (χ0n) is 12.7. The van der Waals surface area contributed by atoms with E-state index >= 15 is 0 Å². The first-order valence-electron chi connectivity index (χ1n) is 6.23. The fourth-order valence-electron chi connectivity index (χ4n) is 1.88. The normalized spacial score (nSPS) is 11.0. The van der Waals surface area contributed by atoms with Crippen molar-refractivity contribution in [3.63, 3.8) is 0 Å². The molecular weight excluding hydrogens is 328 g/mol. The Morgan fingerprint density at radius 2 is 1.22 bits per heavy atom. The van der Waals surface area contributed by atoms with Gasteiger partial charge < -0.3 is 14.8 Å². The molecule has 0 spiro atoms. The molecule has 0 aliphatic heterocycles. The Kier molecular flexibility index (Phi) is 3.99. The third-order valence-corrected chi connectivity index (χ3v) is 4.48. The molecule has 0 fully saturated rings. The second-order valence-corrected chi connectivity index (χ2v) is 5.82. The molecule has 0 radical (unpaired) electrons. The van der Waals surface area contributed by atoms with Crippen LogP contribution in [0.5, 0.6) is 11.8 Å². The number of hydrogen-bond donors (Lipinski definition) is 1. The highest BCUT2D eigenvalue weighted by atomic mass is 32.2. The molecule has 124 valence electrons. The molecule has 0 aromatic carbocycles. The number of rotatable bonds is 2. The van der Waals surface area contributed by atoms with Crippen molar-refractivity contribution in [3.8, 4) is 11.8 Å². The minimum atomic E-state index is -0.890. The standard InChI is InChI=1S/C12H14N4O6S/c1-13-7(17)5(8(18)14(2)11(13)21)23-6-9(19)15(3)12(22)16(4)10(6)20/h17,19H,1-4H3/p-1. The number of nitrogens with zero attached hydrogens (tertiary/aromatic N) is 4. The van der Waals surface area contributed by atoms with Crippen LogP contribution in [0, 0.1) is 0 Å². The van der Waals surface area contributed by atoms with E-state index in [2.05, 4.69) is 0 Å². The van der Waals surface area contributed by atoms with E-state index in [1.54, 1.807) is 0 Å². The van der Waals surface area contributed by atoms with Gasteiger partial charge in [-0.1, -0.05) is 11.8 Å². The molecule has 0 aliphatic rings. The summed E-state index contributed by atoms with van der Waals surface area (Å²) in [6, 6.07) is 0. The summed E-state index contributed by atoms with van der Waals surface area (Å²) >= 11 is 0.420. The predicted molar refractivity (Wildman–Crippen MR) is 79.1 cm³/mol. The summed E-state index contributed by atoms with van der Waals surface area (Å²) in [6.07, 6.45) is 0. The summed E-state index contributed by atoms with van der Waals surface area (Å²) in [7, 11) is 4.81. The van der Waals surface area contributed by atoms with E-state index < -0.39 is 39.2 Å². The Hall–Kier alpha value is -2.69.